The SMILES string of the molecule is C[C@H](C(=O)Nc1ccccc1C(N)=O)N(c1cc(Cl)cc(Cl)c1)S(C)(=O)=O. The molecule has 2 aromatic rings. The van der Waals surface area contributed by atoms with Gasteiger partial charge < -0.3 is 11.1 Å². The summed E-state index contributed by atoms with van der Waals surface area (Å²) in [5, 5.41) is 2.97. The number of nitrogens with one attached hydrogen (secondary N) is 1. The lowest BCUT2D eigenvalue weighted by Crippen LogP contribution is -2.45. The summed E-state index contributed by atoms with van der Waals surface area (Å²) in [5.41, 5.74) is 5.72. The number of para-hydroxylation sites is 1. The fraction of sp³-hybridized carbons (Fsp3) is 0.176. The molecule has 3 N–H and O–H groups in total. The van der Waals surface area contributed by atoms with Crippen molar-refractivity contribution < 1.29 is 18.0 Å². The summed E-state index contributed by atoms with van der Waals surface area (Å²) >= 11 is 11.9. The quantitative estimate of drug-likeness (QED) is 0.734. The maximum atomic E-state index is 12.7. The Morgan fingerprint density at radius 2 is 1.67 bits per heavy atom. The largest absolute Gasteiger partial charge is 0.366 e. The fourth-order valence-electron chi connectivity index (χ4n) is 2.52. The first-order valence-electron chi connectivity index (χ1n) is 7.66. The number of nitrogens with zero attached hydrogens (tertiary/aromatic N) is 1. The number of carbonyl (C=O) groups excluding carboxylic acids is 2. The van der Waals surface area contributed by atoms with Gasteiger partial charge in [0, 0.05) is 10.0 Å². The molecular weight excluding hydrogens is 413 g/mol. The molecule has 0 spiro atoms. The van der Waals surface area contributed by atoms with E-state index in [1.807, 2.05) is 0 Å². The van der Waals surface area contributed by atoms with Gasteiger partial charge in [0.2, 0.25) is 15.9 Å². The van der Waals surface area contributed by atoms with Gasteiger partial charge in [-0.1, -0.05) is 35.3 Å². The topological polar surface area (TPSA) is 110 Å². The van der Waals surface area contributed by atoms with Gasteiger partial charge in [-0.05, 0) is 37.3 Å². The van der Waals surface area contributed by atoms with Crippen LogP contribution >= 0.6 is 23.2 Å². The average molecular weight is 430 g/mol. The van der Waals surface area contributed by atoms with E-state index in [-0.39, 0.29) is 27.0 Å². The fourth-order valence-corrected chi connectivity index (χ4v) is 4.19. The van der Waals surface area contributed by atoms with Gasteiger partial charge in [-0.15, -0.1) is 0 Å². The highest BCUT2D eigenvalue weighted by atomic mass is 35.5. The Hall–Kier alpha value is -2.29. The molecule has 1 atom stereocenters. The van der Waals surface area contributed by atoms with E-state index in [9.17, 15) is 18.0 Å². The summed E-state index contributed by atoms with van der Waals surface area (Å²) in [4.78, 5) is 24.2. The van der Waals surface area contributed by atoms with Crippen LogP contribution in [0.25, 0.3) is 0 Å². The normalized spacial score (nSPS) is 12.3. The number of rotatable bonds is 6. The number of sulfonamides is 1. The van der Waals surface area contributed by atoms with Crippen LogP contribution in [0.5, 0.6) is 0 Å². The molecule has 0 aliphatic carbocycles. The van der Waals surface area contributed by atoms with Gasteiger partial charge in [0.1, 0.15) is 6.04 Å². The minimum absolute atomic E-state index is 0.106. The maximum Gasteiger partial charge on any atom is 0.250 e. The van der Waals surface area contributed by atoms with Gasteiger partial charge in [0.05, 0.1) is 23.2 Å². The smallest absolute Gasteiger partial charge is 0.250 e. The lowest BCUT2D eigenvalue weighted by atomic mass is 10.1. The summed E-state index contributed by atoms with van der Waals surface area (Å²) in [6.07, 6.45) is 0.961. The number of halogens is 2. The zero-order valence-electron chi connectivity index (χ0n) is 14.4. The Kier molecular flexibility index (Phi) is 6.35. The lowest BCUT2D eigenvalue weighted by molar-refractivity contribution is -0.116. The van der Waals surface area contributed by atoms with Crippen LogP contribution in [0.3, 0.4) is 0 Å². The van der Waals surface area contributed by atoms with Crippen LogP contribution in [-0.4, -0.2) is 32.5 Å². The minimum atomic E-state index is -3.85. The Bertz CT molecular complexity index is 975. The molecule has 0 saturated heterocycles. The standard InChI is InChI=1S/C17H17Cl2N3O4S/c1-10(17(24)21-15-6-4-3-5-14(15)16(20)23)22(27(2,25)26)13-8-11(18)7-12(19)9-13/h3-10H,1-2H3,(H2,20,23)(H,21,24)/t10-/m1/s1. The summed E-state index contributed by atoms with van der Waals surface area (Å²) in [6.45, 7) is 1.40. The average Bonchev–Trinajstić information content (AvgIpc) is 2.52. The highest BCUT2D eigenvalue weighted by molar-refractivity contribution is 7.92. The molecule has 0 unspecified atom stereocenters. The van der Waals surface area contributed by atoms with E-state index in [2.05, 4.69) is 5.32 Å². The predicted molar refractivity (Wildman–Crippen MR) is 107 cm³/mol. The highest BCUT2D eigenvalue weighted by Gasteiger charge is 2.30. The number of amides is 2. The van der Waals surface area contributed by atoms with Gasteiger partial charge in [-0.25, -0.2) is 8.42 Å². The molecule has 2 amide bonds. The van der Waals surface area contributed by atoms with Crippen molar-refractivity contribution in [3.8, 4) is 0 Å². The van der Waals surface area contributed by atoms with Crippen molar-refractivity contribution in [2.45, 2.75) is 13.0 Å². The highest BCUT2D eigenvalue weighted by Crippen LogP contribution is 2.29. The first-order valence-corrected chi connectivity index (χ1v) is 10.3. The lowest BCUT2D eigenvalue weighted by Gasteiger charge is -2.28. The molecule has 2 rings (SSSR count). The molecular formula is C17H17Cl2N3O4S. The molecule has 0 aliphatic heterocycles. The van der Waals surface area contributed by atoms with Gasteiger partial charge in [-0.2, -0.15) is 0 Å². The molecule has 0 saturated carbocycles. The molecule has 0 heterocycles. The van der Waals surface area contributed by atoms with Crippen molar-refractivity contribution in [1.29, 1.82) is 0 Å². The molecule has 10 heteroatoms. The second-order valence-electron chi connectivity index (χ2n) is 5.76. The first-order chi connectivity index (χ1) is 12.5. The molecule has 144 valence electrons. The number of benzene rings is 2. The summed E-state index contributed by atoms with van der Waals surface area (Å²) in [6, 6.07) is 9.20. The molecule has 0 aromatic heterocycles. The van der Waals surface area contributed by atoms with E-state index in [4.69, 9.17) is 28.9 Å². The van der Waals surface area contributed by atoms with Crippen LogP contribution in [0, 0.1) is 0 Å². The van der Waals surface area contributed by atoms with Crippen LogP contribution < -0.4 is 15.4 Å². The van der Waals surface area contributed by atoms with Crippen LogP contribution in [-0.2, 0) is 14.8 Å². The van der Waals surface area contributed by atoms with Crippen molar-refractivity contribution in [1.82, 2.24) is 0 Å². The van der Waals surface area contributed by atoms with Crippen molar-refractivity contribution in [2.75, 3.05) is 15.9 Å². The third-order valence-electron chi connectivity index (χ3n) is 3.64. The van der Waals surface area contributed by atoms with Crippen LogP contribution in [0.15, 0.2) is 42.5 Å². The summed E-state index contributed by atoms with van der Waals surface area (Å²) in [7, 11) is -3.85. The van der Waals surface area contributed by atoms with E-state index >= 15 is 0 Å². The Balaban J connectivity index is 2.40. The third-order valence-corrected chi connectivity index (χ3v) is 5.32. The number of nitrogens with two attached hydrogens (primary N) is 1. The molecule has 27 heavy (non-hydrogen) atoms. The van der Waals surface area contributed by atoms with E-state index in [0.717, 1.165) is 10.6 Å². The predicted octanol–water partition coefficient (Wildman–Crippen LogP) is 2.89. The van der Waals surface area contributed by atoms with E-state index in [0.29, 0.717) is 0 Å². The molecule has 2 aromatic carbocycles. The van der Waals surface area contributed by atoms with Crippen molar-refractivity contribution in [3.05, 3.63) is 58.1 Å². The Labute approximate surface area is 167 Å². The van der Waals surface area contributed by atoms with E-state index < -0.39 is 27.9 Å². The zero-order chi connectivity index (χ0) is 20.4. The third kappa shape index (κ3) is 5.12. The monoisotopic (exact) mass is 429 g/mol. The van der Waals surface area contributed by atoms with Gasteiger partial charge >= 0.3 is 0 Å². The number of hydrogen-bond donors (Lipinski definition) is 2. The maximum absolute atomic E-state index is 12.7. The molecule has 7 nitrogen and oxygen atoms in total. The second-order valence-corrected chi connectivity index (χ2v) is 8.49. The first kappa shape index (κ1) is 21.0. The van der Waals surface area contributed by atoms with Crippen molar-refractivity contribution >= 4 is 56.4 Å². The van der Waals surface area contributed by atoms with E-state index in [1.54, 1.807) is 12.1 Å². The van der Waals surface area contributed by atoms with E-state index in [1.165, 1.54) is 37.3 Å². The van der Waals surface area contributed by atoms with Crippen LogP contribution in [0.1, 0.15) is 17.3 Å². The minimum Gasteiger partial charge on any atom is -0.366 e. The van der Waals surface area contributed by atoms with Crippen molar-refractivity contribution in [2.24, 2.45) is 5.73 Å². The van der Waals surface area contributed by atoms with Gasteiger partial charge in [0.25, 0.3) is 5.91 Å². The second kappa shape index (κ2) is 8.16. The number of anilines is 2. The Morgan fingerprint density at radius 1 is 1.11 bits per heavy atom. The number of hydrogen-bond acceptors (Lipinski definition) is 4. The molecule has 0 aliphatic rings. The molecule has 0 bridgehead atoms. The number of primary amides is 1. The van der Waals surface area contributed by atoms with Crippen LogP contribution in [0.2, 0.25) is 10.0 Å². The van der Waals surface area contributed by atoms with Crippen LogP contribution in [0.4, 0.5) is 11.4 Å². The Morgan fingerprint density at radius 3 is 2.19 bits per heavy atom. The summed E-state index contributed by atoms with van der Waals surface area (Å²) < 4.78 is 25.5. The number of carbonyl (C=O) groups is 2. The molecule has 0 fully saturated rings. The zero-order valence-corrected chi connectivity index (χ0v) is 16.8. The summed E-state index contributed by atoms with van der Waals surface area (Å²) in [5.74, 6) is -1.38. The van der Waals surface area contributed by atoms with Gasteiger partial charge in [-0.3, -0.25) is 13.9 Å². The van der Waals surface area contributed by atoms with Crippen molar-refractivity contribution in [3.63, 3.8) is 0 Å². The van der Waals surface area contributed by atoms with Gasteiger partial charge in [0.15, 0.2) is 0 Å². The molecule has 0 radical (unpaired) electrons.